The number of aromatic nitrogens is 1. The summed E-state index contributed by atoms with van der Waals surface area (Å²) in [6.07, 6.45) is 10.4. The highest BCUT2D eigenvalue weighted by Gasteiger charge is 2.29. The van der Waals surface area contributed by atoms with E-state index in [0.29, 0.717) is 0 Å². The molecule has 3 aromatic rings. The maximum absolute atomic E-state index is 2.46. The van der Waals surface area contributed by atoms with E-state index in [1.165, 1.54) is 82.3 Å². The lowest BCUT2D eigenvalue weighted by Crippen LogP contribution is -2.33. The maximum Gasteiger partial charge on any atom is 0.213 e. The Labute approximate surface area is 175 Å². The van der Waals surface area contributed by atoms with Crippen LogP contribution in [0.4, 0.5) is 0 Å². The number of hydrogen-bond donors (Lipinski definition) is 0. The molecule has 2 aliphatic rings. The summed E-state index contributed by atoms with van der Waals surface area (Å²) < 4.78 is 2.40. The lowest BCUT2D eigenvalue weighted by molar-refractivity contribution is -0.661. The summed E-state index contributed by atoms with van der Waals surface area (Å²) in [6, 6.07) is 13.8. The zero-order chi connectivity index (χ0) is 20.1. The van der Waals surface area contributed by atoms with E-state index in [-0.39, 0.29) is 0 Å². The second kappa shape index (κ2) is 7.13. The Morgan fingerprint density at radius 3 is 2.34 bits per heavy atom. The first-order valence-electron chi connectivity index (χ1n) is 11.3. The molecule has 2 aliphatic carbocycles. The van der Waals surface area contributed by atoms with Gasteiger partial charge >= 0.3 is 0 Å². The van der Waals surface area contributed by atoms with Gasteiger partial charge in [0.25, 0.3) is 0 Å². The van der Waals surface area contributed by atoms with Crippen LogP contribution in [0.3, 0.4) is 0 Å². The Hall–Kier alpha value is -2.41. The topological polar surface area (TPSA) is 3.88 Å². The normalized spacial score (nSPS) is 16.0. The highest BCUT2D eigenvalue weighted by molar-refractivity contribution is 5.87. The van der Waals surface area contributed by atoms with Crippen LogP contribution < -0.4 is 4.57 Å². The van der Waals surface area contributed by atoms with Crippen LogP contribution in [0.1, 0.15) is 71.4 Å². The quantitative estimate of drug-likeness (QED) is 0.339. The third-order valence-corrected chi connectivity index (χ3v) is 7.30. The predicted octanol–water partition coefficient (Wildman–Crippen LogP) is 6.72. The van der Waals surface area contributed by atoms with Crippen molar-refractivity contribution in [3.05, 3.63) is 76.0 Å². The SMILES string of the molecule is Cc1cc(-c2c(C)cc(C)c3c2Cc2ccccc2-3)[n+](C)cc1C1CCCCC1. The van der Waals surface area contributed by atoms with E-state index in [4.69, 9.17) is 0 Å². The molecule has 0 atom stereocenters. The summed E-state index contributed by atoms with van der Waals surface area (Å²) in [6.45, 7) is 6.89. The van der Waals surface area contributed by atoms with E-state index in [0.717, 1.165) is 12.3 Å². The molecule has 0 aliphatic heterocycles. The third-order valence-electron chi connectivity index (χ3n) is 7.30. The molecule has 0 spiro atoms. The van der Waals surface area contributed by atoms with Crippen molar-refractivity contribution in [1.29, 1.82) is 0 Å². The van der Waals surface area contributed by atoms with Crippen LogP contribution in [0.5, 0.6) is 0 Å². The number of benzene rings is 2. The molecule has 1 fully saturated rings. The molecule has 2 aromatic carbocycles. The van der Waals surface area contributed by atoms with E-state index in [2.05, 4.69) is 75.0 Å². The van der Waals surface area contributed by atoms with Crippen LogP contribution in [0.25, 0.3) is 22.4 Å². The monoisotopic (exact) mass is 382 g/mol. The molecule has 0 saturated heterocycles. The molecular weight excluding hydrogens is 350 g/mol. The van der Waals surface area contributed by atoms with Crippen molar-refractivity contribution in [2.24, 2.45) is 7.05 Å². The van der Waals surface area contributed by atoms with E-state index in [9.17, 15) is 0 Å². The predicted molar refractivity (Wildman–Crippen MR) is 121 cm³/mol. The van der Waals surface area contributed by atoms with Crippen molar-refractivity contribution in [2.75, 3.05) is 0 Å². The molecular formula is C28H32N+. The fourth-order valence-corrected chi connectivity index (χ4v) is 5.95. The first kappa shape index (κ1) is 18.6. The highest BCUT2D eigenvalue weighted by atomic mass is 14.9. The first-order valence-corrected chi connectivity index (χ1v) is 11.3. The third kappa shape index (κ3) is 3.03. The molecule has 0 bridgehead atoms. The fraction of sp³-hybridized carbons (Fsp3) is 0.393. The number of rotatable bonds is 2. The molecule has 0 unspecified atom stereocenters. The van der Waals surface area contributed by atoms with Crippen LogP contribution in [0.2, 0.25) is 0 Å². The van der Waals surface area contributed by atoms with Crippen LogP contribution in [0.15, 0.2) is 42.6 Å². The standard InChI is InChI=1S/C28H32N/c1-18-15-26(29(4)17-25(18)21-10-6-5-7-11-21)28-20(3)14-19(2)27-23-13-9-8-12-22(23)16-24(27)28/h8-9,12-15,17,21H,5-7,10-11,16H2,1-4H3/q+1. The van der Waals surface area contributed by atoms with E-state index >= 15 is 0 Å². The molecule has 5 rings (SSSR count). The summed E-state index contributed by atoms with van der Waals surface area (Å²) in [5.41, 5.74) is 14.5. The van der Waals surface area contributed by atoms with Gasteiger partial charge in [0.15, 0.2) is 6.20 Å². The molecule has 1 saturated carbocycles. The summed E-state index contributed by atoms with van der Waals surface area (Å²) in [5.74, 6) is 0.748. The van der Waals surface area contributed by atoms with Gasteiger partial charge in [-0.25, -0.2) is 4.57 Å². The van der Waals surface area contributed by atoms with Crippen LogP contribution in [0, 0.1) is 20.8 Å². The summed E-state index contributed by atoms with van der Waals surface area (Å²) >= 11 is 0. The summed E-state index contributed by atoms with van der Waals surface area (Å²) in [7, 11) is 2.24. The van der Waals surface area contributed by atoms with Crippen molar-refractivity contribution in [1.82, 2.24) is 0 Å². The Morgan fingerprint density at radius 2 is 1.55 bits per heavy atom. The summed E-state index contributed by atoms with van der Waals surface area (Å²) in [5, 5.41) is 0. The van der Waals surface area contributed by atoms with Crippen molar-refractivity contribution in [3.8, 4) is 22.4 Å². The van der Waals surface area contributed by atoms with Crippen LogP contribution >= 0.6 is 0 Å². The van der Waals surface area contributed by atoms with Crippen molar-refractivity contribution >= 4 is 0 Å². The Morgan fingerprint density at radius 1 is 0.828 bits per heavy atom. The number of pyridine rings is 1. The second-order valence-corrected chi connectivity index (χ2v) is 9.32. The van der Waals surface area contributed by atoms with Gasteiger partial charge in [-0.1, -0.05) is 49.6 Å². The molecule has 1 heterocycles. The number of fused-ring (bicyclic) bond motifs is 3. The lowest BCUT2D eigenvalue weighted by Gasteiger charge is -2.23. The Balaban J connectivity index is 1.67. The zero-order valence-corrected chi connectivity index (χ0v) is 18.3. The van der Waals surface area contributed by atoms with Gasteiger partial charge in [0.1, 0.15) is 7.05 Å². The largest absolute Gasteiger partial charge is 0.213 e. The van der Waals surface area contributed by atoms with Gasteiger partial charge in [0.05, 0.1) is 5.56 Å². The van der Waals surface area contributed by atoms with Crippen molar-refractivity contribution in [3.63, 3.8) is 0 Å². The maximum atomic E-state index is 2.46. The van der Waals surface area contributed by atoms with Gasteiger partial charge in [0.2, 0.25) is 5.69 Å². The Kier molecular flexibility index (Phi) is 4.57. The smallest absolute Gasteiger partial charge is 0.201 e. The van der Waals surface area contributed by atoms with Gasteiger partial charge in [-0.3, -0.25) is 0 Å². The average molecular weight is 383 g/mol. The Bertz CT molecular complexity index is 1100. The van der Waals surface area contributed by atoms with Gasteiger partial charge < -0.3 is 0 Å². The zero-order valence-electron chi connectivity index (χ0n) is 18.3. The van der Waals surface area contributed by atoms with Crippen molar-refractivity contribution in [2.45, 2.75) is 65.2 Å². The van der Waals surface area contributed by atoms with E-state index in [1.807, 2.05) is 0 Å². The minimum Gasteiger partial charge on any atom is -0.201 e. The minimum atomic E-state index is 0.748. The van der Waals surface area contributed by atoms with E-state index in [1.54, 1.807) is 5.56 Å². The number of nitrogens with zero attached hydrogens (tertiary/aromatic N) is 1. The van der Waals surface area contributed by atoms with Gasteiger partial charge in [0, 0.05) is 11.6 Å². The molecule has 0 amide bonds. The number of hydrogen-bond acceptors (Lipinski definition) is 0. The molecule has 0 N–H and O–H groups in total. The average Bonchev–Trinajstić information content (AvgIpc) is 3.10. The first-order chi connectivity index (χ1) is 14.0. The molecule has 148 valence electrons. The number of aryl methyl sites for hydroxylation is 4. The van der Waals surface area contributed by atoms with E-state index < -0.39 is 0 Å². The fourth-order valence-electron chi connectivity index (χ4n) is 5.95. The molecule has 29 heavy (non-hydrogen) atoms. The molecule has 0 radical (unpaired) electrons. The molecule has 1 aromatic heterocycles. The molecule has 1 nitrogen and oxygen atoms in total. The molecule has 1 heteroatoms. The highest BCUT2D eigenvalue weighted by Crippen LogP contribution is 2.45. The van der Waals surface area contributed by atoms with Crippen molar-refractivity contribution < 1.29 is 4.57 Å². The second-order valence-electron chi connectivity index (χ2n) is 9.32. The van der Waals surface area contributed by atoms with Crippen LogP contribution in [-0.2, 0) is 13.5 Å². The lowest BCUT2D eigenvalue weighted by atomic mass is 9.82. The van der Waals surface area contributed by atoms with Crippen LogP contribution in [-0.4, -0.2) is 0 Å². The van der Waals surface area contributed by atoms with Gasteiger partial charge in [-0.15, -0.1) is 0 Å². The van der Waals surface area contributed by atoms with Gasteiger partial charge in [-0.05, 0) is 84.9 Å². The summed E-state index contributed by atoms with van der Waals surface area (Å²) in [4.78, 5) is 0. The van der Waals surface area contributed by atoms with Gasteiger partial charge in [-0.2, -0.15) is 0 Å². The minimum absolute atomic E-state index is 0.748.